The molecule has 5 atom stereocenters. The van der Waals surface area contributed by atoms with Gasteiger partial charge in [-0.1, -0.05) is 36.7 Å². The zero-order valence-electron chi connectivity index (χ0n) is 28.7. The molecule has 11 heteroatoms. The summed E-state index contributed by atoms with van der Waals surface area (Å²) in [6.45, 7) is 8.85. The lowest BCUT2D eigenvalue weighted by molar-refractivity contribution is -0.157. The van der Waals surface area contributed by atoms with E-state index in [4.69, 9.17) is 25.8 Å². The standard InChI is InChI=1S/C37H49ClN2O7S/c1-24-9-8-11-33(45-5)30-16-13-26(30)22-40-18-7-6-10-25-19-28(38)14-12-27(25)23-46-34-17-15-29(20-32(34)40)48(43,44)39-36(42)31(24)21-35(41)47-37(2,3)4/h8,11-12,14-15,17,19-20,24,26,30-31,33H,6-7,9-10,13,16,18,21-23H2,1-5H3,(H,39,42)/b11-8+/t24-,26-,30+,31+,33+/m0/s1. The maximum atomic E-state index is 13.8. The van der Waals surface area contributed by atoms with Gasteiger partial charge in [0.15, 0.2) is 0 Å². The van der Waals surface area contributed by atoms with Crippen molar-refractivity contribution in [3.63, 3.8) is 0 Å². The Kier molecular flexibility index (Phi) is 11.5. The number of amides is 1. The molecule has 5 rings (SSSR count). The summed E-state index contributed by atoms with van der Waals surface area (Å²) in [6.07, 6.45) is 8.91. The van der Waals surface area contributed by atoms with Crippen LogP contribution < -0.4 is 14.4 Å². The highest BCUT2D eigenvalue weighted by Gasteiger charge is 2.38. The number of halogens is 1. The minimum Gasteiger partial charge on any atom is -0.487 e. The predicted molar refractivity (Wildman–Crippen MR) is 187 cm³/mol. The van der Waals surface area contributed by atoms with Crippen molar-refractivity contribution in [3.05, 3.63) is 64.7 Å². The van der Waals surface area contributed by atoms with E-state index in [1.54, 1.807) is 40.0 Å². The van der Waals surface area contributed by atoms with Crippen LogP contribution in [0.2, 0.25) is 5.02 Å². The number of methoxy groups -OCH3 is 1. The Morgan fingerprint density at radius 3 is 2.60 bits per heavy atom. The smallest absolute Gasteiger partial charge is 0.307 e. The summed E-state index contributed by atoms with van der Waals surface area (Å²) in [6, 6.07) is 10.6. The number of esters is 1. The maximum absolute atomic E-state index is 13.8. The first-order valence-corrected chi connectivity index (χ1v) is 18.9. The molecule has 0 spiro atoms. The van der Waals surface area contributed by atoms with Crippen LogP contribution in [0, 0.1) is 23.7 Å². The highest BCUT2D eigenvalue weighted by molar-refractivity contribution is 7.90. The average Bonchev–Trinajstić information content (AvgIpc) is 3.02. The van der Waals surface area contributed by atoms with E-state index in [1.807, 2.05) is 31.2 Å². The Balaban J connectivity index is 1.54. The summed E-state index contributed by atoms with van der Waals surface area (Å²) in [5.41, 5.74) is 2.11. The zero-order chi connectivity index (χ0) is 34.6. The molecule has 0 saturated heterocycles. The third kappa shape index (κ3) is 8.93. The highest BCUT2D eigenvalue weighted by atomic mass is 35.5. The first-order chi connectivity index (χ1) is 22.7. The van der Waals surface area contributed by atoms with Gasteiger partial charge in [0.1, 0.15) is 18.0 Å². The van der Waals surface area contributed by atoms with Crippen molar-refractivity contribution in [2.75, 3.05) is 25.1 Å². The summed E-state index contributed by atoms with van der Waals surface area (Å²) in [5, 5.41) is 0.687. The minimum absolute atomic E-state index is 0.0409. The van der Waals surface area contributed by atoms with E-state index in [2.05, 4.69) is 15.7 Å². The summed E-state index contributed by atoms with van der Waals surface area (Å²) in [5.74, 6) is -1.39. The van der Waals surface area contributed by atoms with E-state index in [0.717, 1.165) is 49.8 Å². The van der Waals surface area contributed by atoms with Gasteiger partial charge in [-0.25, -0.2) is 13.1 Å². The minimum atomic E-state index is -4.29. The van der Waals surface area contributed by atoms with Crippen molar-refractivity contribution in [1.82, 2.24) is 4.72 Å². The number of carbonyl (C=O) groups excluding carboxylic acids is 2. The van der Waals surface area contributed by atoms with Crippen molar-refractivity contribution in [3.8, 4) is 5.75 Å². The normalized spacial score (nSPS) is 27.1. The second-order valence-corrected chi connectivity index (χ2v) is 16.6. The third-order valence-electron chi connectivity index (χ3n) is 9.78. The molecule has 1 saturated carbocycles. The average molecular weight is 701 g/mol. The molecule has 0 radical (unpaired) electrons. The Labute approximate surface area is 290 Å². The number of anilines is 1. The lowest BCUT2D eigenvalue weighted by Crippen LogP contribution is -2.44. The molecule has 2 heterocycles. The van der Waals surface area contributed by atoms with Crippen molar-refractivity contribution in [2.45, 2.75) is 95.8 Å². The molecule has 2 aromatic rings. The van der Waals surface area contributed by atoms with Gasteiger partial charge in [-0.2, -0.15) is 0 Å². The number of hydrogen-bond donors (Lipinski definition) is 1. The quantitative estimate of drug-likeness (QED) is 0.274. The molecule has 9 nitrogen and oxygen atoms in total. The van der Waals surface area contributed by atoms with Gasteiger partial charge >= 0.3 is 5.97 Å². The number of fused-ring (bicyclic) bond motifs is 3. The van der Waals surface area contributed by atoms with Gasteiger partial charge in [0.05, 0.1) is 29.0 Å². The van der Waals surface area contributed by atoms with Gasteiger partial charge in [0, 0.05) is 25.2 Å². The molecule has 0 aromatic heterocycles. The molecule has 1 N–H and O–H groups in total. The van der Waals surface area contributed by atoms with E-state index < -0.39 is 33.4 Å². The van der Waals surface area contributed by atoms with Crippen LogP contribution in [0.25, 0.3) is 0 Å². The molecular formula is C37H49ClN2O7S. The number of ether oxygens (including phenoxy) is 3. The van der Waals surface area contributed by atoms with Crippen LogP contribution in [-0.4, -0.2) is 52.2 Å². The van der Waals surface area contributed by atoms with Crippen LogP contribution in [0.15, 0.2) is 53.4 Å². The fourth-order valence-corrected chi connectivity index (χ4v) is 8.23. The molecule has 2 aromatic carbocycles. The van der Waals surface area contributed by atoms with Gasteiger partial charge in [0.25, 0.3) is 10.0 Å². The largest absolute Gasteiger partial charge is 0.487 e. The fraction of sp³-hybridized carbons (Fsp3) is 0.568. The van der Waals surface area contributed by atoms with Gasteiger partial charge in [-0.05, 0) is 119 Å². The van der Waals surface area contributed by atoms with Crippen LogP contribution in [0.4, 0.5) is 5.69 Å². The van der Waals surface area contributed by atoms with Crippen molar-refractivity contribution in [2.24, 2.45) is 23.7 Å². The number of aryl methyl sites for hydroxylation is 1. The van der Waals surface area contributed by atoms with E-state index >= 15 is 0 Å². The molecule has 0 unspecified atom stereocenters. The van der Waals surface area contributed by atoms with Crippen molar-refractivity contribution in [1.29, 1.82) is 0 Å². The number of hydrogen-bond acceptors (Lipinski definition) is 8. The summed E-state index contributed by atoms with van der Waals surface area (Å²) in [4.78, 5) is 28.8. The molecule has 2 aliphatic heterocycles. The van der Waals surface area contributed by atoms with Crippen molar-refractivity contribution < 1.29 is 32.2 Å². The van der Waals surface area contributed by atoms with Gasteiger partial charge in [-0.3, -0.25) is 9.59 Å². The third-order valence-corrected chi connectivity index (χ3v) is 11.4. The number of rotatable bonds is 3. The molecule has 48 heavy (non-hydrogen) atoms. The van der Waals surface area contributed by atoms with Crippen LogP contribution in [-0.2, 0) is 42.1 Å². The number of allylic oxidation sites excluding steroid dienone is 1. The predicted octanol–water partition coefficient (Wildman–Crippen LogP) is 6.85. The lowest BCUT2D eigenvalue weighted by Gasteiger charge is -2.43. The Morgan fingerprint density at radius 1 is 1.10 bits per heavy atom. The topological polar surface area (TPSA) is 111 Å². The van der Waals surface area contributed by atoms with E-state index in [-0.39, 0.29) is 29.3 Å². The molecule has 2 bridgehead atoms. The first kappa shape index (κ1) is 36.2. The lowest BCUT2D eigenvalue weighted by atomic mass is 9.70. The maximum Gasteiger partial charge on any atom is 0.307 e. The molecule has 3 aliphatic rings. The number of benzene rings is 2. The van der Waals surface area contributed by atoms with Gasteiger partial charge in [0.2, 0.25) is 5.91 Å². The van der Waals surface area contributed by atoms with Crippen LogP contribution in [0.5, 0.6) is 5.75 Å². The first-order valence-electron chi connectivity index (χ1n) is 17.0. The zero-order valence-corrected chi connectivity index (χ0v) is 30.2. The van der Waals surface area contributed by atoms with Crippen LogP contribution >= 0.6 is 11.6 Å². The second kappa shape index (κ2) is 15.2. The highest BCUT2D eigenvalue weighted by Crippen LogP contribution is 2.42. The summed E-state index contributed by atoms with van der Waals surface area (Å²) in [7, 11) is -2.57. The fourth-order valence-electron chi connectivity index (χ4n) is 6.99. The Bertz CT molecular complexity index is 1620. The molecule has 1 fully saturated rings. The van der Waals surface area contributed by atoms with Crippen LogP contribution in [0.1, 0.15) is 77.3 Å². The number of carbonyl (C=O) groups is 2. The van der Waals surface area contributed by atoms with Crippen molar-refractivity contribution >= 4 is 39.2 Å². The van der Waals surface area contributed by atoms with E-state index in [0.29, 0.717) is 41.9 Å². The Hall–Kier alpha value is -3.08. The van der Waals surface area contributed by atoms with Gasteiger partial charge in [-0.15, -0.1) is 0 Å². The van der Waals surface area contributed by atoms with E-state index in [1.165, 1.54) is 6.07 Å². The van der Waals surface area contributed by atoms with Crippen LogP contribution in [0.3, 0.4) is 0 Å². The van der Waals surface area contributed by atoms with Gasteiger partial charge < -0.3 is 19.1 Å². The number of sulfonamides is 1. The second-order valence-electron chi connectivity index (χ2n) is 14.4. The number of nitrogens with zero attached hydrogens (tertiary/aromatic N) is 1. The summed E-state index contributed by atoms with van der Waals surface area (Å²) >= 11 is 6.34. The SMILES string of the molecule is CO[C@@H]1/C=C/C[C@H](C)[C@@H](CC(=O)OC(C)(C)C)C(=O)NS(=O)(=O)c2ccc3c(c2)N(CCCCc2cc(Cl)ccc2CO3)C[C@@H]2CC[C@H]21. The Morgan fingerprint density at radius 2 is 1.90 bits per heavy atom. The molecule has 1 aliphatic carbocycles. The monoisotopic (exact) mass is 700 g/mol. The molecule has 1 amide bonds. The summed E-state index contributed by atoms with van der Waals surface area (Å²) < 4.78 is 47.9. The number of nitrogens with one attached hydrogen (secondary N) is 1. The molecule has 262 valence electrons. The molecular weight excluding hydrogens is 652 g/mol. The van der Waals surface area contributed by atoms with E-state index in [9.17, 15) is 18.0 Å².